The molecule has 0 saturated carbocycles. The highest BCUT2D eigenvalue weighted by Crippen LogP contribution is 2.14. The van der Waals surface area contributed by atoms with E-state index in [1.165, 1.54) is 0 Å². The molecule has 2 aromatic rings. The molecule has 0 saturated heterocycles. The highest BCUT2D eigenvalue weighted by molar-refractivity contribution is 5.79. The molecule has 0 unspecified atom stereocenters. The second-order valence-electron chi connectivity index (χ2n) is 2.59. The predicted molar refractivity (Wildman–Crippen MR) is 47.1 cm³/mol. The molecular formula is C8H10N4. The van der Waals surface area contributed by atoms with Gasteiger partial charge in [-0.05, 0) is 17.7 Å². The van der Waals surface area contributed by atoms with E-state index in [4.69, 9.17) is 5.84 Å². The van der Waals surface area contributed by atoms with Gasteiger partial charge in [-0.25, -0.2) is 4.98 Å². The highest BCUT2D eigenvalue weighted by Gasteiger charge is 2.01. The number of nitrogens with two attached hydrogens (primary N) is 1. The van der Waals surface area contributed by atoms with Gasteiger partial charge in [0, 0.05) is 24.3 Å². The maximum absolute atomic E-state index is 5.23. The molecule has 2 aromatic heterocycles. The van der Waals surface area contributed by atoms with Crippen LogP contribution < -0.4 is 11.3 Å². The maximum atomic E-state index is 5.23. The van der Waals surface area contributed by atoms with E-state index in [1.807, 2.05) is 18.3 Å². The molecular weight excluding hydrogens is 152 g/mol. The van der Waals surface area contributed by atoms with Gasteiger partial charge in [-0.2, -0.15) is 0 Å². The van der Waals surface area contributed by atoms with Gasteiger partial charge in [-0.1, -0.05) is 0 Å². The first kappa shape index (κ1) is 7.27. The highest BCUT2D eigenvalue weighted by atomic mass is 15.2. The van der Waals surface area contributed by atoms with Crippen molar-refractivity contribution in [2.45, 2.75) is 6.54 Å². The third-order valence-electron chi connectivity index (χ3n) is 1.83. The Labute approximate surface area is 69.8 Å². The second-order valence-corrected chi connectivity index (χ2v) is 2.59. The number of nitrogens with zero attached hydrogens (tertiary/aromatic N) is 1. The third kappa shape index (κ3) is 1.07. The summed E-state index contributed by atoms with van der Waals surface area (Å²) in [5.41, 5.74) is 4.66. The molecule has 0 aliphatic heterocycles. The molecule has 0 atom stereocenters. The normalized spacial score (nSPS) is 10.8. The first-order valence-corrected chi connectivity index (χ1v) is 3.76. The number of pyridine rings is 1. The summed E-state index contributed by atoms with van der Waals surface area (Å²) in [4.78, 5) is 7.23. The van der Waals surface area contributed by atoms with Gasteiger partial charge in [-0.3, -0.25) is 11.3 Å². The summed E-state index contributed by atoms with van der Waals surface area (Å²) in [6.07, 6.45) is 3.68. The molecule has 0 fully saturated rings. The van der Waals surface area contributed by atoms with Crippen LogP contribution in [0.5, 0.6) is 0 Å². The Morgan fingerprint density at radius 2 is 2.50 bits per heavy atom. The van der Waals surface area contributed by atoms with Gasteiger partial charge in [0.25, 0.3) is 0 Å². The number of hydrazine groups is 1. The maximum Gasteiger partial charge on any atom is 0.137 e. The van der Waals surface area contributed by atoms with Crippen molar-refractivity contribution >= 4 is 11.0 Å². The molecule has 0 aromatic carbocycles. The van der Waals surface area contributed by atoms with E-state index in [1.54, 1.807) is 6.20 Å². The molecule has 0 radical (unpaired) electrons. The van der Waals surface area contributed by atoms with Crippen LogP contribution in [-0.4, -0.2) is 9.97 Å². The van der Waals surface area contributed by atoms with Crippen molar-refractivity contribution in [1.29, 1.82) is 0 Å². The summed E-state index contributed by atoms with van der Waals surface area (Å²) in [7, 11) is 0. The fourth-order valence-electron chi connectivity index (χ4n) is 1.27. The first-order valence-electron chi connectivity index (χ1n) is 3.76. The number of aromatic nitrogens is 2. The number of aromatic amines is 1. The van der Waals surface area contributed by atoms with Gasteiger partial charge in [0.05, 0.1) is 0 Å². The number of hydrogen-bond donors (Lipinski definition) is 3. The van der Waals surface area contributed by atoms with E-state index in [-0.39, 0.29) is 0 Å². The van der Waals surface area contributed by atoms with E-state index in [9.17, 15) is 0 Å². The summed E-state index contributed by atoms with van der Waals surface area (Å²) in [5, 5.41) is 1.12. The number of hydrogen-bond acceptors (Lipinski definition) is 3. The second kappa shape index (κ2) is 2.92. The molecule has 62 valence electrons. The molecule has 12 heavy (non-hydrogen) atoms. The van der Waals surface area contributed by atoms with Gasteiger partial charge in [0.1, 0.15) is 5.65 Å². The van der Waals surface area contributed by atoms with Crippen LogP contribution in [0.2, 0.25) is 0 Å². The third-order valence-corrected chi connectivity index (χ3v) is 1.83. The molecule has 0 amide bonds. The molecule has 2 heterocycles. The minimum Gasteiger partial charge on any atom is -0.346 e. The molecule has 4 nitrogen and oxygen atoms in total. The monoisotopic (exact) mass is 162 g/mol. The van der Waals surface area contributed by atoms with E-state index in [2.05, 4.69) is 15.4 Å². The van der Waals surface area contributed by atoms with Gasteiger partial charge < -0.3 is 4.98 Å². The van der Waals surface area contributed by atoms with Gasteiger partial charge in [0.2, 0.25) is 0 Å². The molecule has 4 N–H and O–H groups in total. The lowest BCUT2D eigenvalue weighted by atomic mass is 10.2. The predicted octanol–water partition coefficient (Wildman–Crippen LogP) is 0.526. The lowest BCUT2D eigenvalue weighted by Gasteiger charge is -1.94. The largest absolute Gasteiger partial charge is 0.346 e. The Balaban J connectivity index is 2.55. The number of nitrogens with one attached hydrogen (secondary N) is 2. The summed E-state index contributed by atoms with van der Waals surface area (Å²) in [6.45, 7) is 0.658. The van der Waals surface area contributed by atoms with Crippen LogP contribution >= 0.6 is 0 Å². The average Bonchev–Trinajstić information content (AvgIpc) is 2.50. The zero-order valence-electron chi connectivity index (χ0n) is 6.54. The molecule has 2 rings (SSSR count). The van der Waals surface area contributed by atoms with Gasteiger partial charge >= 0.3 is 0 Å². The van der Waals surface area contributed by atoms with Gasteiger partial charge in [0.15, 0.2) is 0 Å². The zero-order chi connectivity index (χ0) is 8.39. The standard InChI is InChI=1S/C8H10N4/c9-12-5-6-4-11-8-7(6)2-1-3-10-8/h1-4,12H,5,9H2,(H,10,11). The van der Waals surface area contributed by atoms with Crippen LogP contribution in [0.3, 0.4) is 0 Å². The molecule has 0 aliphatic carbocycles. The van der Waals surface area contributed by atoms with Crippen LogP contribution in [0.1, 0.15) is 5.56 Å². The SMILES string of the molecule is NNCc1c[nH]c2ncccc12. The van der Waals surface area contributed by atoms with Crippen molar-refractivity contribution < 1.29 is 0 Å². The van der Waals surface area contributed by atoms with Crippen LogP contribution in [-0.2, 0) is 6.54 Å². The summed E-state index contributed by atoms with van der Waals surface area (Å²) < 4.78 is 0. The van der Waals surface area contributed by atoms with Crippen LogP contribution in [0.15, 0.2) is 24.5 Å². The minimum absolute atomic E-state index is 0.658. The molecule has 0 aliphatic rings. The Morgan fingerprint density at radius 3 is 3.33 bits per heavy atom. The van der Waals surface area contributed by atoms with Gasteiger partial charge in [-0.15, -0.1) is 0 Å². The Morgan fingerprint density at radius 1 is 1.58 bits per heavy atom. The van der Waals surface area contributed by atoms with E-state index in [0.29, 0.717) is 6.54 Å². The molecule has 4 heteroatoms. The topological polar surface area (TPSA) is 66.7 Å². The number of rotatable bonds is 2. The Kier molecular flexibility index (Phi) is 1.77. The quantitative estimate of drug-likeness (QED) is 0.445. The van der Waals surface area contributed by atoms with Crippen molar-refractivity contribution in [2.75, 3.05) is 0 Å². The minimum atomic E-state index is 0.658. The van der Waals surface area contributed by atoms with Crippen LogP contribution in [0.25, 0.3) is 11.0 Å². The fraction of sp³-hybridized carbons (Fsp3) is 0.125. The first-order chi connectivity index (χ1) is 5.92. The van der Waals surface area contributed by atoms with Crippen molar-refractivity contribution in [2.24, 2.45) is 5.84 Å². The van der Waals surface area contributed by atoms with E-state index < -0.39 is 0 Å². The van der Waals surface area contributed by atoms with Crippen molar-refractivity contribution in [3.63, 3.8) is 0 Å². The Hall–Kier alpha value is -1.39. The van der Waals surface area contributed by atoms with Crippen molar-refractivity contribution in [3.05, 3.63) is 30.1 Å². The summed E-state index contributed by atoms with van der Waals surface area (Å²) >= 11 is 0. The summed E-state index contributed by atoms with van der Waals surface area (Å²) in [5.74, 6) is 5.23. The Bertz CT molecular complexity index is 379. The summed E-state index contributed by atoms with van der Waals surface area (Å²) in [6, 6.07) is 3.93. The van der Waals surface area contributed by atoms with E-state index in [0.717, 1.165) is 16.6 Å². The smallest absolute Gasteiger partial charge is 0.137 e. The molecule has 0 bridgehead atoms. The fourth-order valence-corrected chi connectivity index (χ4v) is 1.27. The zero-order valence-corrected chi connectivity index (χ0v) is 6.54. The number of H-pyrrole nitrogens is 1. The van der Waals surface area contributed by atoms with E-state index >= 15 is 0 Å². The van der Waals surface area contributed by atoms with Crippen molar-refractivity contribution in [3.8, 4) is 0 Å². The lowest BCUT2D eigenvalue weighted by molar-refractivity contribution is 0.745. The molecule has 0 spiro atoms. The van der Waals surface area contributed by atoms with Crippen LogP contribution in [0, 0.1) is 0 Å². The van der Waals surface area contributed by atoms with Crippen molar-refractivity contribution in [1.82, 2.24) is 15.4 Å². The lowest BCUT2D eigenvalue weighted by Crippen LogP contribution is -2.20. The van der Waals surface area contributed by atoms with Crippen LogP contribution in [0.4, 0.5) is 0 Å². The average molecular weight is 162 g/mol. The number of fused-ring (bicyclic) bond motifs is 1.